The molecule has 0 atom stereocenters. The summed E-state index contributed by atoms with van der Waals surface area (Å²) in [5.41, 5.74) is 2.30. The molecule has 1 aliphatic heterocycles. The second-order valence-corrected chi connectivity index (χ2v) is 7.20. The first-order valence-electron chi connectivity index (χ1n) is 9.36. The van der Waals surface area contributed by atoms with Crippen LogP contribution in [0.3, 0.4) is 0 Å². The third-order valence-electron chi connectivity index (χ3n) is 4.65. The molecule has 1 heterocycles. The smallest absolute Gasteiger partial charge is 0.490 e. The number of rotatable bonds is 5. The van der Waals surface area contributed by atoms with Crippen LogP contribution >= 0.6 is 11.6 Å². The number of ether oxygens (including phenoxy) is 1. The summed E-state index contributed by atoms with van der Waals surface area (Å²) in [5, 5.41) is 11.5. The molecule has 2 N–H and O–H groups in total. The van der Waals surface area contributed by atoms with Gasteiger partial charge in [0.05, 0.1) is 17.8 Å². The Labute approximate surface area is 178 Å². The van der Waals surface area contributed by atoms with Gasteiger partial charge in [-0.2, -0.15) is 13.2 Å². The molecule has 0 radical (unpaired) electrons. The van der Waals surface area contributed by atoms with Gasteiger partial charge in [-0.3, -0.25) is 4.90 Å². The fraction of sp³-hybridized carbons (Fsp3) is 0.381. The summed E-state index contributed by atoms with van der Waals surface area (Å²) in [7, 11) is 1.73. The number of nitrogens with one attached hydrogen (secondary N) is 1. The second-order valence-electron chi connectivity index (χ2n) is 6.79. The number of para-hydroxylation sites is 2. The summed E-state index contributed by atoms with van der Waals surface area (Å²) in [6, 6.07) is 16.7. The monoisotopic (exact) mass is 444 g/mol. The largest absolute Gasteiger partial charge is 0.496 e. The summed E-state index contributed by atoms with van der Waals surface area (Å²) in [6.07, 6.45) is -2.83. The van der Waals surface area contributed by atoms with Crippen LogP contribution in [-0.4, -0.2) is 48.4 Å². The summed E-state index contributed by atoms with van der Waals surface area (Å²) < 4.78 is 37.2. The van der Waals surface area contributed by atoms with Crippen molar-refractivity contribution in [3.63, 3.8) is 0 Å². The molecule has 1 fully saturated rings. The maximum absolute atomic E-state index is 10.6. The van der Waals surface area contributed by atoms with Gasteiger partial charge in [-0.05, 0) is 31.0 Å². The molecule has 0 bridgehead atoms. The van der Waals surface area contributed by atoms with Crippen molar-refractivity contribution in [1.29, 1.82) is 0 Å². The van der Waals surface area contributed by atoms with E-state index < -0.39 is 12.1 Å². The SMILES string of the molecule is COc1ccccc1CN1CCC(Nc2ccccc2Cl)CC1.O=C(O)C(F)(F)F. The lowest BCUT2D eigenvalue weighted by Gasteiger charge is -2.33. The predicted octanol–water partition coefficient (Wildman–Crippen LogP) is 5.06. The van der Waals surface area contributed by atoms with Gasteiger partial charge in [-0.15, -0.1) is 0 Å². The molecular weight excluding hydrogens is 421 g/mol. The molecule has 164 valence electrons. The number of carboxylic acid groups (broad SMARTS) is 1. The van der Waals surface area contributed by atoms with Crippen LogP contribution in [0.4, 0.5) is 18.9 Å². The Kier molecular flexibility index (Phi) is 8.80. The highest BCUT2D eigenvalue weighted by Gasteiger charge is 2.38. The first-order chi connectivity index (χ1) is 14.2. The molecule has 2 aromatic carbocycles. The molecular formula is C21H24ClF3N2O3. The van der Waals surface area contributed by atoms with Crippen molar-refractivity contribution in [3.8, 4) is 5.75 Å². The summed E-state index contributed by atoms with van der Waals surface area (Å²) in [5.74, 6) is -1.78. The molecule has 0 unspecified atom stereocenters. The van der Waals surface area contributed by atoms with E-state index in [1.807, 2.05) is 36.4 Å². The van der Waals surface area contributed by atoms with E-state index in [1.165, 1.54) is 5.56 Å². The van der Waals surface area contributed by atoms with Gasteiger partial charge >= 0.3 is 12.1 Å². The number of likely N-dealkylation sites (tertiary alicyclic amines) is 1. The number of hydrogen-bond acceptors (Lipinski definition) is 4. The Balaban J connectivity index is 0.000000396. The number of carboxylic acids is 1. The minimum absolute atomic E-state index is 0.490. The minimum Gasteiger partial charge on any atom is -0.496 e. The molecule has 0 amide bonds. The molecule has 0 aromatic heterocycles. The highest BCUT2D eigenvalue weighted by atomic mass is 35.5. The van der Waals surface area contributed by atoms with Crippen molar-refractivity contribution >= 4 is 23.3 Å². The Hall–Kier alpha value is -2.45. The Morgan fingerprint density at radius 1 is 1.17 bits per heavy atom. The van der Waals surface area contributed by atoms with Gasteiger partial charge in [-0.1, -0.05) is 41.9 Å². The first-order valence-corrected chi connectivity index (χ1v) is 9.74. The van der Waals surface area contributed by atoms with Gasteiger partial charge in [0.2, 0.25) is 0 Å². The van der Waals surface area contributed by atoms with Crippen LogP contribution in [0.15, 0.2) is 48.5 Å². The molecule has 30 heavy (non-hydrogen) atoms. The molecule has 1 aliphatic rings. The quantitative estimate of drug-likeness (QED) is 0.675. The summed E-state index contributed by atoms with van der Waals surface area (Å²) in [4.78, 5) is 11.4. The summed E-state index contributed by atoms with van der Waals surface area (Å²) in [6.45, 7) is 3.11. The van der Waals surface area contributed by atoms with E-state index in [0.29, 0.717) is 6.04 Å². The van der Waals surface area contributed by atoms with Crippen molar-refractivity contribution < 1.29 is 27.8 Å². The van der Waals surface area contributed by atoms with E-state index in [2.05, 4.69) is 22.3 Å². The Morgan fingerprint density at radius 2 is 1.73 bits per heavy atom. The number of anilines is 1. The maximum Gasteiger partial charge on any atom is 0.490 e. The number of piperidine rings is 1. The van der Waals surface area contributed by atoms with Crippen LogP contribution in [0.5, 0.6) is 5.75 Å². The number of aliphatic carboxylic acids is 1. The normalized spacial score (nSPS) is 15.1. The fourth-order valence-corrected chi connectivity index (χ4v) is 3.30. The molecule has 3 rings (SSSR count). The van der Waals surface area contributed by atoms with Crippen molar-refractivity contribution in [2.75, 3.05) is 25.5 Å². The van der Waals surface area contributed by atoms with Gasteiger partial charge in [0, 0.05) is 31.2 Å². The minimum atomic E-state index is -5.08. The molecule has 0 saturated carbocycles. The summed E-state index contributed by atoms with van der Waals surface area (Å²) >= 11 is 6.23. The molecule has 9 heteroatoms. The predicted molar refractivity (Wildman–Crippen MR) is 110 cm³/mol. The van der Waals surface area contributed by atoms with Gasteiger partial charge in [-0.25, -0.2) is 4.79 Å². The van der Waals surface area contributed by atoms with E-state index in [4.69, 9.17) is 26.2 Å². The molecule has 1 saturated heterocycles. The third-order valence-corrected chi connectivity index (χ3v) is 4.98. The van der Waals surface area contributed by atoms with E-state index in [0.717, 1.165) is 48.9 Å². The first kappa shape index (κ1) is 23.8. The maximum atomic E-state index is 10.6. The average molecular weight is 445 g/mol. The highest BCUT2D eigenvalue weighted by molar-refractivity contribution is 6.33. The number of benzene rings is 2. The number of nitrogens with zero attached hydrogens (tertiary/aromatic N) is 1. The van der Waals surface area contributed by atoms with Gasteiger partial charge < -0.3 is 15.2 Å². The third kappa shape index (κ3) is 7.42. The fourth-order valence-electron chi connectivity index (χ4n) is 3.11. The van der Waals surface area contributed by atoms with Gasteiger partial charge in [0.1, 0.15) is 5.75 Å². The van der Waals surface area contributed by atoms with Crippen LogP contribution < -0.4 is 10.1 Å². The number of methoxy groups -OCH3 is 1. The Bertz CT molecular complexity index is 825. The van der Waals surface area contributed by atoms with E-state index in [9.17, 15) is 13.2 Å². The molecule has 0 spiro atoms. The van der Waals surface area contributed by atoms with Crippen molar-refractivity contribution in [2.24, 2.45) is 0 Å². The second kappa shape index (κ2) is 11.1. The molecule has 2 aromatic rings. The van der Waals surface area contributed by atoms with Crippen molar-refractivity contribution in [2.45, 2.75) is 31.6 Å². The Morgan fingerprint density at radius 3 is 2.30 bits per heavy atom. The standard InChI is InChI=1S/C19H23ClN2O.C2HF3O2/c1-23-19-9-5-2-6-15(19)14-22-12-10-16(11-13-22)21-18-8-4-3-7-17(18)20;3-2(4,5)1(6)7/h2-9,16,21H,10-14H2,1H3;(H,6,7). The van der Waals surface area contributed by atoms with E-state index in [-0.39, 0.29) is 0 Å². The van der Waals surface area contributed by atoms with Crippen LogP contribution in [-0.2, 0) is 11.3 Å². The van der Waals surface area contributed by atoms with Gasteiger partial charge in [0.15, 0.2) is 0 Å². The van der Waals surface area contributed by atoms with E-state index in [1.54, 1.807) is 7.11 Å². The average Bonchev–Trinajstić information content (AvgIpc) is 2.71. The van der Waals surface area contributed by atoms with E-state index >= 15 is 0 Å². The van der Waals surface area contributed by atoms with Crippen LogP contribution in [0.25, 0.3) is 0 Å². The van der Waals surface area contributed by atoms with Crippen LogP contribution in [0.1, 0.15) is 18.4 Å². The van der Waals surface area contributed by atoms with Crippen LogP contribution in [0, 0.1) is 0 Å². The lowest BCUT2D eigenvalue weighted by atomic mass is 10.0. The zero-order valence-electron chi connectivity index (χ0n) is 16.5. The van der Waals surface area contributed by atoms with Gasteiger partial charge in [0.25, 0.3) is 0 Å². The number of halogens is 4. The lowest BCUT2D eigenvalue weighted by molar-refractivity contribution is -0.192. The van der Waals surface area contributed by atoms with Crippen molar-refractivity contribution in [3.05, 3.63) is 59.1 Å². The lowest BCUT2D eigenvalue weighted by Crippen LogP contribution is -2.38. The number of carbonyl (C=O) groups is 1. The zero-order chi connectivity index (χ0) is 22.1. The highest BCUT2D eigenvalue weighted by Crippen LogP contribution is 2.25. The van der Waals surface area contributed by atoms with Crippen LogP contribution in [0.2, 0.25) is 5.02 Å². The molecule has 5 nitrogen and oxygen atoms in total. The number of hydrogen-bond donors (Lipinski definition) is 2. The topological polar surface area (TPSA) is 61.8 Å². The zero-order valence-corrected chi connectivity index (χ0v) is 17.2. The number of alkyl halides is 3. The van der Waals surface area contributed by atoms with Crippen molar-refractivity contribution in [1.82, 2.24) is 4.90 Å². The molecule has 0 aliphatic carbocycles.